The number of hydrogen-bond donors (Lipinski definition) is 1. The van der Waals surface area contributed by atoms with Crippen LogP contribution in [0.15, 0.2) is 0 Å². The lowest BCUT2D eigenvalue weighted by atomic mass is 10.0. The van der Waals surface area contributed by atoms with Crippen LogP contribution in [0.1, 0.15) is 26.2 Å². The van der Waals surface area contributed by atoms with Crippen molar-refractivity contribution < 1.29 is 9.90 Å². The van der Waals surface area contributed by atoms with Crippen LogP contribution in [0.2, 0.25) is 0 Å². The molecule has 0 aliphatic carbocycles. The van der Waals surface area contributed by atoms with Crippen LogP contribution in [0.3, 0.4) is 0 Å². The van der Waals surface area contributed by atoms with Crippen LogP contribution in [-0.4, -0.2) is 84.2 Å². The Bertz CT molecular complexity index is 290. The molecule has 0 aromatic rings. The third kappa shape index (κ3) is 3.68. The first-order valence-corrected chi connectivity index (χ1v) is 7.62. The summed E-state index contributed by atoms with van der Waals surface area (Å²) in [5, 5.41) is 8.94. The zero-order valence-corrected chi connectivity index (χ0v) is 12.1. The molecule has 2 fully saturated rings. The molecule has 5 nitrogen and oxygen atoms in total. The van der Waals surface area contributed by atoms with Crippen molar-refractivity contribution in [2.45, 2.75) is 32.2 Å². The number of hydrogen-bond acceptors (Lipinski definition) is 4. The number of amides is 1. The zero-order chi connectivity index (χ0) is 13.7. The predicted octanol–water partition coefficient (Wildman–Crippen LogP) is -0.00270. The van der Waals surface area contributed by atoms with Gasteiger partial charge >= 0.3 is 0 Å². The van der Waals surface area contributed by atoms with Gasteiger partial charge in [-0.15, -0.1) is 0 Å². The molecule has 0 saturated carbocycles. The zero-order valence-electron chi connectivity index (χ0n) is 12.1. The van der Waals surface area contributed by atoms with Crippen LogP contribution in [0, 0.1) is 0 Å². The standard InChI is InChI=1S/C14H27N3O2/c1-2-16-6-4-3-5-13(16)14(19)17-9-7-15(8-10-17)11-12-18/h13,18H,2-12H2,1H3. The van der Waals surface area contributed by atoms with Gasteiger partial charge in [0.15, 0.2) is 0 Å². The number of piperazine rings is 1. The highest BCUT2D eigenvalue weighted by Gasteiger charge is 2.32. The fourth-order valence-corrected chi connectivity index (χ4v) is 3.19. The van der Waals surface area contributed by atoms with Gasteiger partial charge in [-0.05, 0) is 25.9 Å². The molecular formula is C14H27N3O2. The van der Waals surface area contributed by atoms with Crippen LogP contribution in [-0.2, 0) is 4.79 Å². The summed E-state index contributed by atoms with van der Waals surface area (Å²) in [7, 11) is 0. The average molecular weight is 269 g/mol. The molecule has 2 aliphatic heterocycles. The molecule has 1 N–H and O–H groups in total. The molecule has 0 radical (unpaired) electrons. The summed E-state index contributed by atoms with van der Waals surface area (Å²) in [5.41, 5.74) is 0. The topological polar surface area (TPSA) is 47.0 Å². The van der Waals surface area contributed by atoms with Crippen LogP contribution in [0.25, 0.3) is 0 Å². The van der Waals surface area contributed by atoms with E-state index in [2.05, 4.69) is 16.7 Å². The minimum absolute atomic E-state index is 0.114. The Morgan fingerprint density at radius 2 is 1.89 bits per heavy atom. The maximum absolute atomic E-state index is 12.6. The lowest BCUT2D eigenvalue weighted by Gasteiger charge is -2.40. The summed E-state index contributed by atoms with van der Waals surface area (Å²) in [6, 6.07) is 0.114. The quantitative estimate of drug-likeness (QED) is 0.780. The third-order valence-corrected chi connectivity index (χ3v) is 4.41. The highest BCUT2D eigenvalue weighted by Crippen LogP contribution is 2.19. The fraction of sp³-hybridized carbons (Fsp3) is 0.929. The number of piperidine rings is 1. The molecule has 2 heterocycles. The SMILES string of the molecule is CCN1CCCCC1C(=O)N1CCN(CCO)CC1. The Kier molecular flexibility index (Phi) is 5.60. The van der Waals surface area contributed by atoms with Crippen molar-refractivity contribution in [2.75, 3.05) is 52.4 Å². The summed E-state index contributed by atoms with van der Waals surface area (Å²) in [4.78, 5) is 19.2. The first-order chi connectivity index (χ1) is 9.26. The number of β-amino-alcohol motifs (C(OH)–C–C–N with tert-alkyl or cyclic N) is 1. The molecule has 5 heteroatoms. The van der Waals surface area contributed by atoms with E-state index in [4.69, 9.17) is 5.11 Å². The van der Waals surface area contributed by atoms with E-state index in [1.54, 1.807) is 0 Å². The number of aliphatic hydroxyl groups excluding tert-OH is 1. The molecule has 1 unspecified atom stereocenters. The molecule has 2 aliphatic rings. The summed E-state index contributed by atoms with van der Waals surface area (Å²) in [5.74, 6) is 0.324. The molecule has 2 saturated heterocycles. The van der Waals surface area contributed by atoms with Gasteiger partial charge in [-0.2, -0.15) is 0 Å². The van der Waals surface area contributed by atoms with Gasteiger partial charge in [-0.1, -0.05) is 13.3 Å². The van der Waals surface area contributed by atoms with E-state index in [9.17, 15) is 4.79 Å². The lowest BCUT2D eigenvalue weighted by Crippen LogP contribution is -2.56. The van der Waals surface area contributed by atoms with Gasteiger partial charge in [0.2, 0.25) is 5.91 Å². The van der Waals surface area contributed by atoms with E-state index in [1.165, 1.54) is 12.8 Å². The number of likely N-dealkylation sites (tertiary alicyclic amines) is 1. The van der Waals surface area contributed by atoms with Crippen LogP contribution >= 0.6 is 0 Å². The van der Waals surface area contributed by atoms with Gasteiger partial charge in [-0.25, -0.2) is 0 Å². The minimum Gasteiger partial charge on any atom is -0.395 e. The first-order valence-electron chi connectivity index (χ1n) is 7.62. The number of carbonyl (C=O) groups excluding carboxylic acids is 1. The van der Waals surface area contributed by atoms with Crippen LogP contribution in [0.5, 0.6) is 0 Å². The number of likely N-dealkylation sites (N-methyl/N-ethyl adjacent to an activating group) is 1. The van der Waals surface area contributed by atoms with E-state index in [0.717, 1.165) is 52.2 Å². The summed E-state index contributed by atoms with van der Waals surface area (Å²) >= 11 is 0. The smallest absolute Gasteiger partial charge is 0.240 e. The average Bonchev–Trinajstić information content (AvgIpc) is 2.47. The summed E-state index contributed by atoms with van der Waals surface area (Å²) in [6.07, 6.45) is 3.42. The van der Waals surface area contributed by atoms with Crippen molar-refractivity contribution in [3.05, 3.63) is 0 Å². The van der Waals surface area contributed by atoms with E-state index < -0.39 is 0 Å². The monoisotopic (exact) mass is 269 g/mol. The molecule has 0 aromatic heterocycles. The molecule has 2 rings (SSSR count). The second-order valence-electron chi connectivity index (χ2n) is 5.53. The van der Waals surface area contributed by atoms with Gasteiger partial charge in [0.05, 0.1) is 12.6 Å². The van der Waals surface area contributed by atoms with Crippen molar-refractivity contribution in [3.8, 4) is 0 Å². The maximum atomic E-state index is 12.6. The Morgan fingerprint density at radius 1 is 1.16 bits per heavy atom. The molecular weight excluding hydrogens is 242 g/mol. The highest BCUT2D eigenvalue weighted by molar-refractivity contribution is 5.82. The number of nitrogens with zero attached hydrogens (tertiary/aromatic N) is 3. The van der Waals surface area contributed by atoms with Gasteiger partial charge in [0, 0.05) is 32.7 Å². The van der Waals surface area contributed by atoms with Crippen LogP contribution in [0.4, 0.5) is 0 Å². The van der Waals surface area contributed by atoms with Gasteiger partial charge in [-0.3, -0.25) is 14.6 Å². The number of carbonyl (C=O) groups is 1. The van der Waals surface area contributed by atoms with Gasteiger partial charge in [0.1, 0.15) is 0 Å². The normalized spacial score (nSPS) is 26.6. The Hall–Kier alpha value is -0.650. The minimum atomic E-state index is 0.114. The van der Waals surface area contributed by atoms with Crippen molar-refractivity contribution in [1.29, 1.82) is 0 Å². The Morgan fingerprint density at radius 3 is 2.53 bits per heavy atom. The molecule has 1 amide bonds. The van der Waals surface area contributed by atoms with E-state index >= 15 is 0 Å². The summed E-state index contributed by atoms with van der Waals surface area (Å²) < 4.78 is 0. The van der Waals surface area contributed by atoms with Crippen molar-refractivity contribution >= 4 is 5.91 Å². The Labute approximate surface area is 116 Å². The van der Waals surface area contributed by atoms with E-state index in [0.29, 0.717) is 5.91 Å². The third-order valence-electron chi connectivity index (χ3n) is 4.41. The molecule has 0 bridgehead atoms. The Balaban J connectivity index is 1.86. The number of aliphatic hydroxyl groups is 1. The van der Waals surface area contributed by atoms with Crippen molar-refractivity contribution in [1.82, 2.24) is 14.7 Å². The van der Waals surface area contributed by atoms with Gasteiger partial charge in [0.25, 0.3) is 0 Å². The largest absolute Gasteiger partial charge is 0.395 e. The molecule has 110 valence electrons. The van der Waals surface area contributed by atoms with E-state index in [1.807, 2.05) is 4.90 Å². The molecule has 0 spiro atoms. The van der Waals surface area contributed by atoms with Gasteiger partial charge < -0.3 is 10.0 Å². The second-order valence-corrected chi connectivity index (χ2v) is 5.53. The fourth-order valence-electron chi connectivity index (χ4n) is 3.19. The van der Waals surface area contributed by atoms with Crippen molar-refractivity contribution in [3.63, 3.8) is 0 Å². The molecule has 1 atom stereocenters. The van der Waals surface area contributed by atoms with E-state index in [-0.39, 0.29) is 12.6 Å². The first kappa shape index (κ1) is 14.8. The molecule has 0 aromatic carbocycles. The maximum Gasteiger partial charge on any atom is 0.240 e. The molecule has 19 heavy (non-hydrogen) atoms. The van der Waals surface area contributed by atoms with Crippen LogP contribution < -0.4 is 0 Å². The lowest BCUT2D eigenvalue weighted by molar-refractivity contribution is -0.140. The second kappa shape index (κ2) is 7.22. The number of rotatable bonds is 4. The highest BCUT2D eigenvalue weighted by atomic mass is 16.3. The predicted molar refractivity (Wildman–Crippen MR) is 75.0 cm³/mol. The van der Waals surface area contributed by atoms with Crippen molar-refractivity contribution in [2.24, 2.45) is 0 Å². The summed E-state index contributed by atoms with van der Waals surface area (Å²) in [6.45, 7) is 8.53.